The fourth-order valence-corrected chi connectivity index (χ4v) is 2.70. The van der Waals surface area contributed by atoms with E-state index >= 15 is 0 Å². The molecule has 1 aliphatic heterocycles. The number of rotatable bonds is 5. The van der Waals surface area contributed by atoms with Crippen LogP contribution < -0.4 is 15.2 Å². The van der Waals surface area contributed by atoms with Crippen LogP contribution in [-0.2, 0) is 22.5 Å². The predicted octanol–water partition coefficient (Wildman–Crippen LogP) is 0.562. The Labute approximate surface area is 124 Å². The molecule has 1 heterocycles. The average molecular weight is 294 g/mol. The summed E-state index contributed by atoms with van der Waals surface area (Å²) in [6.45, 7) is 1.65. The molecule has 1 unspecified atom stereocenters. The highest BCUT2D eigenvalue weighted by Crippen LogP contribution is 2.33. The molecule has 1 aromatic carbocycles. The summed E-state index contributed by atoms with van der Waals surface area (Å²) in [6, 6.07) is 3.56. The van der Waals surface area contributed by atoms with Crippen LogP contribution in [0.2, 0.25) is 0 Å². The Hall–Kier alpha value is -1.79. The standard InChI is InChI=1S/C15H22N2O4/c1-19-13-6-10-4-5-17(12(8-16)15(18)21-3)9-11(10)7-14(13)20-2/h6-7,12H,4-5,8-9,16H2,1-3H3. The molecule has 6 nitrogen and oxygen atoms in total. The Kier molecular flexibility index (Phi) is 5.03. The molecule has 0 saturated heterocycles. The van der Waals surface area contributed by atoms with Gasteiger partial charge in [0.1, 0.15) is 6.04 Å². The van der Waals surface area contributed by atoms with Crippen LogP contribution in [0.15, 0.2) is 12.1 Å². The van der Waals surface area contributed by atoms with Crippen molar-refractivity contribution in [1.82, 2.24) is 4.90 Å². The molecule has 21 heavy (non-hydrogen) atoms. The number of hydrogen-bond acceptors (Lipinski definition) is 6. The first-order valence-corrected chi connectivity index (χ1v) is 6.90. The maximum atomic E-state index is 11.8. The Morgan fingerprint density at radius 2 is 1.86 bits per heavy atom. The summed E-state index contributed by atoms with van der Waals surface area (Å²) in [7, 11) is 4.62. The van der Waals surface area contributed by atoms with E-state index in [9.17, 15) is 4.79 Å². The van der Waals surface area contributed by atoms with Crippen molar-refractivity contribution in [1.29, 1.82) is 0 Å². The van der Waals surface area contributed by atoms with Gasteiger partial charge in [-0.2, -0.15) is 0 Å². The number of esters is 1. The second-order valence-electron chi connectivity index (χ2n) is 4.97. The summed E-state index contributed by atoms with van der Waals surface area (Å²) in [5, 5.41) is 0. The molecule has 2 N–H and O–H groups in total. The largest absolute Gasteiger partial charge is 0.493 e. The first-order chi connectivity index (χ1) is 10.1. The monoisotopic (exact) mass is 294 g/mol. The van der Waals surface area contributed by atoms with Gasteiger partial charge < -0.3 is 19.9 Å². The van der Waals surface area contributed by atoms with Gasteiger partial charge in [-0.15, -0.1) is 0 Å². The van der Waals surface area contributed by atoms with E-state index in [0.717, 1.165) is 24.3 Å². The topological polar surface area (TPSA) is 74.0 Å². The van der Waals surface area contributed by atoms with E-state index in [4.69, 9.17) is 19.9 Å². The number of hydrogen-bond donors (Lipinski definition) is 1. The number of nitrogens with two attached hydrogens (primary N) is 1. The number of carbonyl (C=O) groups is 1. The summed E-state index contributed by atoms with van der Waals surface area (Å²) in [5.74, 6) is 1.13. The lowest BCUT2D eigenvalue weighted by Gasteiger charge is -2.33. The Morgan fingerprint density at radius 3 is 2.38 bits per heavy atom. The Bertz CT molecular complexity index is 519. The van der Waals surface area contributed by atoms with Crippen molar-refractivity contribution in [3.05, 3.63) is 23.3 Å². The van der Waals surface area contributed by atoms with Gasteiger partial charge in [-0.1, -0.05) is 0 Å². The number of nitrogens with zero attached hydrogens (tertiary/aromatic N) is 1. The first-order valence-electron chi connectivity index (χ1n) is 6.90. The van der Waals surface area contributed by atoms with Crippen LogP contribution >= 0.6 is 0 Å². The molecular weight excluding hydrogens is 272 g/mol. The van der Waals surface area contributed by atoms with E-state index in [1.807, 2.05) is 17.0 Å². The van der Waals surface area contributed by atoms with Crippen molar-refractivity contribution in [3.8, 4) is 11.5 Å². The maximum Gasteiger partial charge on any atom is 0.324 e. The fraction of sp³-hybridized carbons (Fsp3) is 0.533. The zero-order valence-corrected chi connectivity index (χ0v) is 12.7. The molecule has 0 amide bonds. The van der Waals surface area contributed by atoms with Gasteiger partial charge in [0, 0.05) is 19.6 Å². The Balaban J connectivity index is 2.25. The molecule has 0 aromatic heterocycles. The minimum absolute atomic E-state index is 0.245. The van der Waals surface area contributed by atoms with Gasteiger partial charge in [0.25, 0.3) is 0 Å². The van der Waals surface area contributed by atoms with Gasteiger partial charge in [0.05, 0.1) is 21.3 Å². The van der Waals surface area contributed by atoms with E-state index in [-0.39, 0.29) is 12.5 Å². The first kappa shape index (κ1) is 15.6. The van der Waals surface area contributed by atoms with Crippen LogP contribution in [-0.4, -0.2) is 51.3 Å². The van der Waals surface area contributed by atoms with Crippen molar-refractivity contribution in [2.45, 2.75) is 19.0 Å². The third kappa shape index (κ3) is 3.11. The van der Waals surface area contributed by atoms with E-state index < -0.39 is 6.04 Å². The van der Waals surface area contributed by atoms with E-state index in [0.29, 0.717) is 12.3 Å². The molecule has 0 fully saturated rings. The van der Waals surface area contributed by atoms with Gasteiger partial charge in [0.15, 0.2) is 11.5 Å². The molecule has 0 spiro atoms. The molecule has 2 rings (SSSR count). The molecule has 1 aromatic rings. The minimum Gasteiger partial charge on any atom is -0.493 e. The summed E-state index contributed by atoms with van der Waals surface area (Å²) in [5.41, 5.74) is 8.05. The smallest absolute Gasteiger partial charge is 0.324 e. The van der Waals surface area contributed by atoms with Crippen molar-refractivity contribution >= 4 is 5.97 Å². The quantitative estimate of drug-likeness (QED) is 0.800. The number of carbonyl (C=O) groups excluding carboxylic acids is 1. The number of ether oxygens (including phenoxy) is 3. The predicted molar refractivity (Wildman–Crippen MR) is 78.5 cm³/mol. The summed E-state index contributed by atoms with van der Waals surface area (Å²) in [6.07, 6.45) is 0.836. The van der Waals surface area contributed by atoms with Gasteiger partial charge in [-0.05, 0) is 29.7 Å². The van der Waals surface area contributed by atoms with Crippen LogP contribution in [0.4, 0.5) is 0 Å². The number of benzene rings is 1. The van der Waals surface area contributed by atoms with Crippen LogP contribution in [0.3, 0.4) is 0 Å². The summed E-state index contributed by atoms with van der Waals surface area (Å²) < 4.78 is 15.5. The van der Waals surface area contributed by atoms with E-state index in [2.05, 4.69) is 0 Å². The molecule has 6 heteroatoms. The molecule has 1 aliphatic rings. The van der Waals surface area contributed by atoms with Crippen molar-refractivity contribution in [2.24, 2.45) is 5.73 Å². The van der Waals surface area contributed by atoms with Crippen LogP contribution in [0.25, 0.3) is 0 Å². The fourth-order valence-electron chi connectivity index (χ4n) is 2.70. The maximum absolute atomic E-state index is 11.8. The normalized spacial score (nSPS) is 16.0. The number of methoxy groups -OCH3 is 3. The highest BCUT2D eigenvalue weighted by molar-refractivity contribution is 5.76. The summed E-state index contributed by atoms with van der Waals surface area (Å²) in [4.78, 5) is 13.8. The summed E-state index contributed by atoms with van der Waals surface area (Å²) >= 11 is 0. The SMILES string of the molecule is COC(=O)C(CN)N1CCc2cc(OC)c(OC)cc2C1. The molecule has 0 aliphatic carbocycles. The molecule has 116 valence electrons. The molecular formula is C15H22N2O4. The third-order valence-electron chi connectivity index (χ3n) is 3.88. The second kappa shape index (κ2) is 6.78. The minimum atomic E-state index is -0.406. The van der Waals surface area contributed by atoms with Gasteiger partial charge >= 0.3 is 5.97 Å². The molecule has 1 atom stereocenters. The lowest BCUT2D eigenvalue weighted by atomic mass is 9.97. The molecule has 0 radical (unpaired) electrons. The lowest BCUT2D eigenvalue weighted by molar-refractivity contribution is -0.147. The van der Waals surface area contributed by atoms with Crippen LogP contribution in [0.1, 0.15) is 11.1 Å². The zero-order valence-electron chi connectivity index (χ0n) is 12.7. The highest BCUT2D eigenvalue weighted by atomic mass is 16.5. The van der Waals surface area contributed by atoms with Crippen molar-refractivity contribution < 1.29 is 19.0 Å². The van der Waals surface area contributed by atoms with Gasteiger partial charge in [-0.3, -0.25) is 9.69 Å². The van der Waals surface area contributed by atoms with E-state index in [1.165, 1.54) is 12.7 Å². The van der Waals surface area contributed by atoms with Crippen LogP contribution in [0.5, 0.6) is 11.5 Å². The van der Waals surface area contributed by atoms with Crippen molar-refractivity contribution in [3.63, 3.8) is 0 Å². The van der Waals surface area contributed by atoms with Crippen LogP contribution in [0, 0.1) is 0 Å². The van der Waals surface area contributed by atoms with Gasteiger partial charge in [-0.25, -0.2) is 0 Å². The second-order valence-corrected chi connectivity index (χ2v) is 4.97. The zero-order chi connectivity index (χ0) is 15.4. The lowest BCUT2D eigenvalue weighted by Crippen LogP contribution is -2.48. The van der Waals surface area contributed by atoms with E-state index in [1.54, 1.807) is 14.2 Å². The Morgan fingerprint density at radius 1 is 1.24 bits per heavy atom. The third-order valence-corrected chi connectivity index (χ3v) is 3.88. The van der Waals surface area contributed by atoms with Crippen molar-refractivity contribution in [2.75, 3.05) is 34.4 Å². The average Bonchev–Trinajstić information content (AvgIpc) is 2.53. The highest BCUT2D eigenvalue weighted by Gasteiger charge is 2.29. The van der Waals surface area contributed by atoms with Gasteiger partial charge in [0.2, 0.25) is 0 Å². The number of fused-ring (bicyclic) bond motifs is 1. The molecule has 0 saturated carbocycles. The molecule has 0 bridgehead atoms.